The van der Waals surface area contributed by atoms with Crippen LogP contribution in [-0.4, -0.2) is 58.5 Å². The predicted octanol–water partition coefficient (Wildman–Crippen LogP) is 0.0120. The van der Waals surface area contributed by atoms with E-state index in [9.17, 15) is 19.8 Å². The molecule has 0 radical (unpaired) electrons. The van der Waals surface area contributed by atoms with E-state index in [1.807, 2.05) is 0 Å². The minimum Gasteiger partial charge on any atom is -0.508 e. The Hall–Kier alpha value is -2.24. The molecule has 2 N–H and O–H groups in total. The van der Waals surface area contributed by atoms with Crippen LogP contribution < -0.4 is 0 Å². The molecule has 1 heterocycles. The second kappa shape index (κ2) is 4.56. The minimum absolute atomic E-state index is 0.00681. The first-order chi connectivity index (χ1) is 8.49. The lowest BCUT2D eigenvalue weighted by Gasteiger charge is -2.32. The molecule has 6 heteroatoms. The van der Waals surface area contributed by atoms with E-state index >= 15 is 0 Å². The van der Waals surface area contributed by atoms with Gasteiger partial charge in [0.25, 0.3) is 5.91 Å². The van der Waals surface area contributed by atoms with E-state index < -0.39 is 5.91 Å². The number of likely N-dealkylation sites (N-methyl/N-ethyl adjacent to an activating group) is 1. The van der Waals surface area contributed by atoms with E-state index in [1.54, 1.807) is 11.9 Å². The fraction of sp³-hybridized carbons (Fsp3) is 0.333. The van der Waals surface area contributed by atoms with Crippen LogP contribution in [0.5, 0.6) is 11.5 Å². The molecule has 2 amide bonds. The van der Waals surface area contributed by atoms with Gasteiger partial charge in [0.05, 0.1) is 5.56 Å². The zero-order valence-corrected chi connectivity index (χ0v) is 9.96. The van der Waals surface area contributed by atoms with Crippen LogP contribution >= 0.6 is 0 Å². The average molecular weight is 250 g/mol. The lowest BCUT2D eigenvalue weighted by molar-refractivity contribution is -0.133. The van der Waals surface area contributed by atoms with E-state index in [2.05, 4.69) is 0 Å². The monoisotopic (exact) mass is 250 g/mol. The minimum atomic E-state index is -0.454. The van der Waals surface area contributed by atoms with Gasteiger partial charge in [-0.15, -0.1) is 0 Å². The number of benzene rings is 1. The lowest BCUT2D eigenvalue weighted by Crippen LogP contribution is -2.50. The number of amides is 2. The molecule has 96 valence electrons. The molecule has 0 aromatic heterocycles. The van der Waals surface area contributed by atoms with Gasteiger partial charge in [-0.2, -0.15) is 0 Å². The number of carbonyl (C=O) groups is 2. The van der Waals surface area contributed by atoms with E-state index in [0.29, 0.717) is 13.1 Å². The second-order valence-corrected chi connectivity index (χ2v) is 4.24. The quantitative estimate of drug-likeness (QED) is 0.688. The van der Waals surface area contributed by atoms with Crippen molar-refractivity contribution in [3.05, 3.63) is 23.8 Å². The summed E-state index contributed by atoms with van der Waals surface area (Å²) >= 11 is 0. The molecule has 0 aliphatic carbocycles. The van der Waals surface area contributed by atoms with E-state index in [-0.39, 0.29) is 29.5 Å². The Morgan fingerprint density at radius 2 is 2.00 bits per heavy atom. The molecule has 0 unspecified atom stereocenters. The Morgan fingerprint density at radius 1 is 1.28 bits per heavy atom. The maximum absolute atomic E-state index is 12.1. The number of aromatic hydroxyl groups is 2. The molecule has 1 aromatic carbocycles. The van der Waals surface area contributed by atoms with Crippen molar-refractivity contribution < 1.29 is 19.8 Å². The highest BCUT2D eigenvalue weighted by Gasteiger charge is 2.27. The smallest absolute Gasteiger partial charge is 0.258 e. The van der Waals surface area contributed by atoms with Crippen LogP contribution in [0.1, 0.15) is 10.4 Å². The van der Waals surface area contributed by atoms with Crippen molar-refractivity contribution in [1.29, 1.82) is 0 Å². The fourth-order valence-corrected chi connectivity index (χ4v) is 1.80. The third-order valence-electron chi connectivity index (χ3n) is 2.95. The van der Waals surface area contributed by atoms with Crippen LogP contribution in [0.3, 0.4) is 0 Å². The predicted molar refractivity (Wildman–Crippen MR) is 63.3 cm³/mol. The standard InChI is InChI=1S/C12H14N2O4/c1-13-4-5-14(7-11(13)17)12(18)9-6-8(15)2-3-10(9)16/h2-3,6,15-16H,4-5,7H2,1H3. The van der Waals surface area contributed by atoms with Crippen LogP contribution in [0.2, 0.25) is 0 Å². The Balaban J connectivity index is 2.21. The van der Waals surface area contributed by atoms with Gasteiger partial charge >= 0.3 is 0 Å². The number of nitrogens with zero attached hydrogens (tertiary/aromatic N) is 2. The highest BCUT2D eigenvalue weighted by molar-refractivity contribution is 5.99. The summed E-state index contributed by atoms with van der Waals surface area (Å²) in [6, 6.07) is 3.74. The number of phenols is 2. The van der Waals surface area contributed by atoms with Crippen molar-refractivity contribution in [2.45, 2.75) is 0 Å². The van der Waals surface area contributed by atoms with Gasteiger partial charge in [-0.05, 0) is 18.2 Å². The number of piperazine rings is 1. The summed E-state index contributed by atoms with van der Waals surface area (Å²) in [5.74, 6) is -0.903. The summed E-state index contributed by atoms with van der Waals surface area (Å²) in [7, 11) is 1.68. The largest absolute Gasteiger partial charge is 0.508 e. The summed E-state index contributed by atoms with van der Waals surface area (Å²) in [4.78, 5) is 26.5. The summed E-state index contributed by atoms with van der Waals surface area (Å²) < 4.78 is 0. The Kier molecular flexibility index (Phi) is 3.10. The van der Waals surface area contributed by atoms with Crippen molar-refractivity contribution in [2.24, 2.45) is 0 Å². The van der Waals surface area contributed by atoms with Crippen molar-refractivity contribution in [1.82, 2.24) is 9.80 Å². The van der Waals surface area contributed by atoms with Gasteiger partial charge in [-0.1, -0.05) is 0 Å². The van der Waals surface area contributed by atoms with Crippen molar-refractivity contribution >= 4 is 11.8 Å². The SMILES string of the molecule is CN1CCN(C(=O)c2cc(O)ccc2O)CC1=O. The first-order valence-electron chi connectivity index (χ1n) is 5.54. The zero-order valence-electron chi connectivity index (χ0n) is 9.96. The summed E-state index contributed by atoms with van der Waals surface area (Å²) in [5.41, 5.74) is 0.00681. The van der Waals surface area contributed by atoms with Crippen LogP contribution in [0.25, 0.3) is 0 Å². The third kappa shape index (κ3) is 2.22. The second-order valence-electron chi connectivity index (χ2n) is 4.24. The molecule has 0 spiro atoms. The number of rotatable bonds is 1. The lowest BCUT2D eigenvalue weighted by atomic mass is 10.1. The maximum Gasteiger partial charge on any atom is 0.258 e. The molecule has 1 aliphatic rings. The molecule has 2 rings (SSSR count). The molecule has 1 aliphatic heterocycles. The fourth-order valence-electron chi connectivity index (χ4n) is 1.80. The Labute approximate surface area is 104 Å². The number of hydrogen-bond donors (Lipinski definition) is 2. The first-order valence-corrected chi connectivity index (χ1v) is 5.54. The number of carbonyl (C=O) groups excluding carboxylic acids is 2. The van der Waals surface area contributed by atoms with Crippen molar-refractivity contribution in [2.75, 3.05) is 26.7 Å². The van der Waals surface area contributed by atoms with Crippen molar-refractivity contribution in [3.63, 3.8) is 0 Å². The summed E-state index contributed by atoms with van der Waals surface area (Å²) in [6.45, 7) is 0.866. The van der Waals surface area contributed by atoms with E-state index in [0.717, 1.165) is 0 Å². The molecule has 1 aromatic rings. The molecule has 1 fully saturated rings. The molecular formula is C12H14N2O4. The van der Waals surface area contributed by atoms with Gasteiger partial charge in [-0.3, -0.25) is 9.59 Å². The highest BCUT2D eigenvalue weighted by atomic mass is 16.3. The summed E-state index contributed by atoms with van der Waals surface area (Å²) in [6.07, 6.45) is 0. The van der Waals surface area contributed by atoms with Crippen LogP contribution in [0.15, 0.2) is 18.2 Å². The molecular weight excluding hydrogens is 236 g/mol. The van der Waals surface area contributed by atoms with Crippen LogP contribution in [0.4, 0.5) is 0 Å². The van der Waals surface area contributed by atoms with Crippen LogP contribution in [0, 0.1) is 0 Å². The molecule has 18 heavy (non-hydrogen) atoms. The molecule has 0 saturated carbocycles. The summed E-state index contributed by atoms with van der Waals surface area (Å²) in [5, 5.41) is 18.9. The Bertz CT molecular complexity index is 501. The van der Waals surface area contributed by atoms with E-state index in [1.165, 1.54) is 23.1 Å². The highest BCUT2D eigenvalue weighted by Crippen LogP contribution is 2.23. The Morgan fingerprint density at radius 3 is 2.67 bits per heavy atom. The topological polar surface area (TPSA) is 81.1 Å². The van der Waals surface area contributed by atoms with Gasteiger partial charge in [0.1, 0.15) is 18.0 Å². The van der Waals surface area contributed by atoms with Gasteiger partial charge in [0.2, 0.25) is 5.91 Å². The molecule has 1 saturated heterocycles. The molecule has 6 nitrogen and oxygen atoms in total. The van der Waals surface area contributed by atoms with E-state index in [4.69, 9.17) is 0 Å². The average Bonchev–Trinajstić information content (AvgIpc) is 2.35. The number of hydrogen-bond acceptors (Lipinski definition) is 4. The molecule has 0 bridgehead atoms. The third-order valence-corrected chi connectivity index (χ3v) is 2.95. The van der Waals surface area contributed by atoms with Gasteiger partial charge < -0.3 is 20.0 Å². The first kappa shape index (κ1) is 12.2. The normalized spacial score (nSPS) is 15.9. The number of phenolic OH excluding ortho intramolecular Hbond substituents is 2. The zero-order chi connectivity index (χ0) is 13.3. The van der Waals surface area contributed by atoms with Crippen LogP contribution in [-0.2, 0) is 4.79 Å². The maximum atomic E-state index is 12.1. The van der Waals surface area contributed by atoms with Gasteiger partial charge in [0.15, 0.2) is 0 Å². The van der Waals surface area contributed by atoms with Gasteiger partial charge in [-0.25, -0.2) is 0 Å². The van der Waals surface area contributed by atoms with Crippen molar-refractivity contribution in [3.8, 4) is 11.5 Å². The molecule has 0 atom stereocenters. The van der Waals surface area contributed by atoms with Gasteiger partial charge in [0, 0.05) is 20.1 Å².